The van der Waals surface area contributed by atoms with Crippen molar-refractivity contribution in [3.63, 3.8) is 0 Å². The van der Waals surface area contributed by atoms with Gasteiger partial charge in [0.15, 0.2) is 22.3 Å². The largest absolute Gasteiger partial charge is 0.341 e. The number of nitriles is 2. The molecule has 0 amide bonds. The van der Waals surface area contributed by atoms with Crippen molar-refractivity contribution in [3.8, 4) is 12.1 Å². The molecule has 0 radical (unpaired) electrons. The van der Waals surface area contributed by atoms with Crippen LogP contribution in [0, 0.1) is 22.7 Å². The van der Waals surface area contributed by atoms with E-state index in [-0.39, 0.29) is 0 Å². The fourth-order valence-electron chi connectivity index (χ4n) is 8.72. The maximum absolute atomic E-state index is 13.1. The lowest BCUT2D eigenvalue weighted by molar-refractivity contribution is 0.571. The number of fused-ring (bicyclic) bond motifs is 2. The number of rotatable bonds is 10. The number of benzene rings is 4. The van der Waals surface area contributed by atoms with Gasteiger partial charge in [-0.15, -0.1) is 0 Å². The van der Waals surface area contributed by atoms with Crippen molar-refractivity contribution in [2.45, 2.75) is 32.6 Å². The molecule has 4 aromatic carbocycles. The molecule has 10 rings (SSSR count). The van der Waals surface area contributed by atoms with Gasteiger partial charge >= 0.3 is 11.4 Å². The molecule has 67 heavy (non-hydrogen) atoms. The molecule has 2 aliphatic heterocycles. The van der Waals surface area contributed by atoms with E-state index in [1.165, 1.54) is 9.13 Å². The number of hydrogen-bond donors (Lipinski definition) is 4. The minimum absolute atomic E-state index is 0.291. The van der Waals surface area contributed by atoms with Gasteiger partial charge in [-0.25, -0.2) is 9.59 Å². The monoisotopic (exact) mass is 896 g/mol. The molecule has 2 saturated heterocycles. The standard InChI is InChI=1S/C25H25N7O2.C24H23N7O2/c26-15-19-9-4-5-10-20(19)17-31-21-22(28-24(31)30-13-6-11-27-12-14-30)32(25(34)29-23(21)33)16-18-7-2-1-3-8-18;25-14-18-8-4-5-9-19(18)16-30-20-21(27-23(30)29-12-10-26-11-13-29)31(24(33)28-22(20)32)15-17-6-2-1-3-7-17/h1-5,7-10,27H,6,11-14,16-17H2,(H,29,33,34);1-9,26H,10-13,15-16H2,(H,28,32,33). The molecule has 0 spiro atoms. The van der Waals surface area contributed by atoms with Crippen molar-refractivity contribution >= 4 is 34.2 Å². The minimum Gasteiger partial charge on any atom is -0.341 e. The quantitative estimate of drug-likeness (QED) is 0.156. The minimum atomic E-state index is -0.495. The number of nitrogens with zero attached hydrogens (tertiary/aromatic N) is 10. The first-order valence-corrected chi connectivity index (χ1v) is 22.2. The van der Waals surface area contributed by atoms with Crippen LogP contribution in [0.5, 0.6) is 0 Å². The summed E-state index contributed by atoms with van der Waals surface area (Å²) in [4.78, 5) is 70.7. The second-order valence-corrected chi connectivity index (χ2v) is 16.4. The van der Waals surface area contributed by atoms with Crippen LogP contribution in [0.25, 0.3) is 22.3 Å². The van der Waals surface area contributed by atoms with E-state index in [4.69, 9.17) is 9.97 Å². The third kappa shape index (κ3) is 9.30. The molecule has 18 nitrogen and oxygen atoms in total. The number of imidazole rings is 2. The van der Waals surface area contributed by atoms with Crippen molar-refractivity contribution < 1.29 is 0 Å². The lowest BCUT2D eigenvalue weighted by atomic mass is 10.1. The molecule has 0 aliphatic carbocycles. The van der Waals surface area contributed by atoms with Crippen LogP contribution >= 0.6 is 0 Å². The maximum atomic E-state index is 13.1. The fraction of sp³-hybridized carbons (Fsp3) is 0.265. The highest BCUT2D eigenvalue weighted by atomic mass is 16.2. The molecule has 8 aromatic rings. The highest BCUT2D eigenvalue weighted by Gasteiger charge is 2.26. The fourth-order valence-corrected chi connectivity index (χ4v) is 8.72. The van der Waals surface area contributed by atoms with E-state index < -0.39 is 22.5 Å². The summed E-state index contributed by atoms with van der Waals surface area (Å²) in [6.07, 6.45) is 0.936. The van der Waals surface area contributed by atoms with E-state index in [1.54, 1.807) is 12.1 Å². The summed E-state index contributed by atoms with van der Waals surface area (Å²) in [6, 6.07) is 38.3. The van der Waals surface area contributed by atoms with Gasteiger partial charge in [-0.2, -0.15) is 20.5 Å². The first-order valence-electron chi connectivity index (χ1n) is 22.2. The second kappa shape index (κ2) is 19.8. The van der Waals surface area contributed by atoms with Crippen LogP contribution in [-0.2, 0) is 26.2 Å². The Balaban J connectivity index is 0.000000168. The molecule has 0 saturated carbocycles. The summed E-state index contributed by atoms with van der Waals surface area (Å²) in [5.74, 6) is 1.25. The van der Waals surface area contributed by atoms with Gasteiger partial charge in [-0.05, 0) is 47.4 Å². The van der Waals surface area contributed by atoms with Crippen molar-refractivity contribution in [2.75, 3.05) is 62.2 Å². The van der Waals surface area contributed by atoms with Crippen LogP contribution in [0.1, 0.15) is 39.8 Å². The van der Waals surface area contributed by atoms with Crippen molar-refractivity contribution in [3.05, 3.63) is 184 Å². The van der Waals surface area contributed by atoms with Crippen molar-refractivity contribution in [1.82, 2.24) is 48.8 Å². The van der Waals surface area contributed by atoms with Gasteiger partial charge < -0.3 is 20.4 Å². The van der Waals surface area contributed by atoms with Crippen LogP contribution in [0.3, 0.4) is 0 Å². The van der Waals surface area contributed by atoms with Crippen LogP contribution in [0.4, 0.5) is 11.9 Å². The molecule has 0 unspecified atom stereocenters. The summed E-state index contributed by atoms with van der Waals surface area (Å²) in [7, 11) is 0. The number of piperazine rings is 1. The normalized spacial score (nSPS) is 14.0. The van der Waals surface area contributed by atoms with Gasteiger partial charge in [0.05, 0.1) is 49.4 Å². The Bertz CT molecular complexity index is 3380. The molecule has 2 fully saturated rings. The van der Waals surface area contributed by atoms with E-state index in [2.05, 4.69) is 42.5 Å². The average molecular weight is 897 g/mol. The Morgan fingerprint density at radius 1 is 0.478 bits per heavy atom. The Morgan fingerprint density at radius 2 is 0.881 bits per heavy atom. The zero-order valence-corrected chi connectivity index (χ0v) is 36.7. The number of anilines is 2. The highest BCUT2D eigenvalue weighted by Crippen LogP contribution is 2.25. The van der Waals surface area contributed by atoms with Crippen LogP contribution in [0.2, 0.25) is 0 Å². The zero-order chi connectivity index (χ0) is 46.3. The molecule has 338 valence electrons. The summed E-state index contributed by atoms with van der Waals surface area (Å²) < 4.78 is 6.69. The summed E-state index contributed by atoms with van der Waals surface area (Å²) in [5, 5.41) is 25.9. The predicted molar refractivity (Wildman–Crippen MR) is 256 cm³/mol. The van der Waals surface area contributed by atoms with Crippen LogP contribution in [-0.4, -0.2) is 90.6 Å². The predicted octanol–water partition coefficient (Wildman–Crippen LogP) is 2.92. The third-order valence-electron chi connectivity index (χ3n) is 12.1. The summed E-state index contributed by atoms with van der Waals surface area (Å²) in [6.45, 7) is 7.43. The average Bonchev–Trinajstić information content (AvgIpc) is 3.80. The number of aromatic nitrogens is 8. The topological polar surface area (TPSA) is 223 Å². The molecule has 2 aliphatic rings. The van der Waals surface area contributed by atoms with E-state index in [0.29, 0.717) is 71.5 Å². The van der Waals surface area contributed by atoms with E-state index in [1.807, 2.05) is 106 Å². The first kappa shape index (κ1) is 43.9. The van der Waals surface area contributed by atoms with Crippen molar-refractivity contribution in [1.29, 1.82) is 10.5 Å². The molecular weight excluding hydrogens is 849 g/mol. The highest BCUT2D eigenvalue weighted by molar-refractivity contribution is 5.76. The molecule has 4 aromatic heterocycles. The number of aromatic amines is 2. The number of hydrogen-bond acceptors (Lipinski definition) is 12. The Kier molecular flexibility index (Phi) is 13.0. The summed E-state index contributed by atoms with van der Waals surface area (Å²) >= 11 is 0. The van der Waals surface area contributed by atoms with Crippen LogP contribution < -0.4 is 42.9 Å². The van der Waals surface area contributed by atoms with E-state index >= 15 is 0 Å². The van der Waals surface area contributed by atoms with Gasteiger partial charge in [0.25, 0.3) is 11.1 Å². The Morgan fingerprint density at radius 3 is 1.33 bits per heavy atom. The molecule has 18 heteroatoms. The Labute approximate surface area is 383 Å². The molecular formula is C49H48N14O4. The van der Waals surface area contributed by atoms with Gasteiger partial charge in [0.2, 0.25) is 11.9 Å². The van der Waals surface area contributed by atoms with E-state index in [9.17, 15) is 29.7 Å². The molecule has 6 heterocycles. The first-order chi connectivity index (χ1) is 32.8. The summed E-state index contributed by atoms with van der Waals surface area (Å²) in [5.41, 5.74) is 3.92. The Hall–Kier alpha value is -8.32. The maximum Gasteiger partial charge on any atom is 0.330 e. The number of nitrogens with one attached hydrogen (secondary N) is 4. The third-order valence-corrected chi connectivity index (χ3v) is 12.1. The second-order valence-electron chi connectivity index (χ2n) is 16.4. The smallest absolute Gasteiger partial charge is 0.330 e. The SMILES string of the molecule is N#Cc1ccccc1Cn1c(N2CCCNCC2)nc2c1c(=O)[nH]c(=O)n2Cc1ccccc1.N#Cc1ccccc1Cn1c(N2CCNCC2)nc2c1c(=O)[nH]c(=O)n2Cc1ccccc1. The molecule has 4 N–H and O–H groups in total. The van der Waals surface area contributed by atoms with Gasteiger partial charge in [-0.1, -0.05) is 97.1 Å². The zero-order valence-electron chi connectivity index (χ0n) is 36.7. The van der Waals surface area contributed by atoms with Gasteiger partial charge in [0, 0.05) is 45.8 Å². The van der Waals surface area contributed by atoms with Gasteiger partial charge in [0.1, 0.15) is 0 Å². The number of H-pyrrole nitrogens is 2. The van der Waals surface area contributed by atoms with E-state index in [0.717, 1.165) is 81.0 Å². The molecule has 0 atom stereocenters. The lowest BCUT2D eigenvalue weighted by Gasteiger charge is -2.28. The molecule has 0 bridgehead atoms. The van der Waals surface area contributed by atoms with Crippen molar-refractivity contribution in [2.24, 2.45) is 0 Å². The van der Waals surface area contributed by atoms with Gasteiger partial charge in [-0.3, -0.25) is 37.8 Å². The lowest BCUT2D eigenvalue weighted by Crippen LogP contribution is -2.44. The van der Waals surface area contributed by atoms with Crippen LogP contribution in [0.15, 0.2) is 128 Å².